The van der Waals surface area contributed by atoms with Crippen LogP contribution in [0.1, 0.15) is 41.8 Å². The van der Waals surface area contributed by atoms with E-state index in [4.69, 9.17) is 9.63 Å². The second kappa shape index (κ2) is 8.98. The van der Waals surface area contributed by atoms with Crippen LogP contribution in [0.15, 0.2) is 28.8 Å². The molecule has 2 aromatic rings. The van der Waals surface area contributed by atoms with Crippen molar-refractivity contribution in [3.63, 3.8) is 0 Å². The fraction of sp³-hybridized carbons (Fsp3) is 0.368. The largest absolute Gasteiger partial charge is 0.480 e. The summed E-state index contributed by atoms with van der Waals surface area (Å²) in [6.45, 7) is 5.22. The van der Waals surface area contributed by atoms with Crippen molar-refractivity contribution in [1.29, 1.82) is 0 Å². The van der Waals surface area contributed by atoms with Gasteiger partial charge in [0, 0.05) is 17.7 Å². The van der Waals surface area contributed by atoms with Crippen LogP contribution in [0.5, 0.6) is 0 Å². The number of nitrogens with one attached hydrogen (secondary N) is 2. The number of amides is 2. The Morgan fingerprint density at radius 2 is 1.81 bits per heavy atom. The van der Waals surface area contributed by atoms with Crippen LogP contribution in [0.25, 0.3) is 0 Å². The predicted octanol–water partition coefficient (Wildman–Crippen LogP) is 2.17. The number of aromatic nitrogens is 1. The second-order valence-electron chi connectivity index (χ2n) is 6.44. The zero-order valence-electron chi connectivity index (χ0n) is 15.5. The molecule has 0 aliphatic rings. The summed E-state index contributed by atoms with van der Waals surface area (Å²) in [6.07, 6.45) is 0.368. The van der Waals surface area contributed by atoms with Crippen LogP contribution in [0.3, 0.4) is 0 Å². The lowest BCUT2D eigenvalue weighted by atomic mass is 9.96. The molecule has 8 nitrogen and oxygen atoms in total. The van der Waals surface area contributed by atoms with Gasteiger partial charge in [0.25, 0.3) is 0 Å². The highest BCUT2D eigenvalue weighted by Gasteiger charge is 2.19. The molecule has 1 atom stereocenters. The number of carbonyl (C=O) groups excluding carboxylic acids is 2. The maximum atomic E-state index is 12.3. The van der Waals surface area contributed by atoms with Gasteiger partial charge in [0.15, 0.2) is 0 Å². The summed E-state index contributed by atoms with van der Waals surface area (Å²) in [4.78, 5) is 34.3. The highest BCUT2D eigenvalue weighted by molar-refractivity contribution is 5.91. The Bertz CT molecular complexity index is 807. The molecule has 0 aliphatic heterocycles. The van der Waals surface area contributed by atoms with Crippen LogP contribution in [-0.4, -0.2) is 34.6 Å². The van der Waals surface area contributed by atoms with Crippen molar-refractivity contribution in [2.24, 2.45) is 0 Å². The van der Waals surface area contributed by atoms with Gasteiger partial charge in [0.1, 0.15) is 12.3 Å². The van der Waals surface area contributed by atoms with E-state index in [0.717, 1.165) is 22.6 Å². The van der Waals surface area contributed by atoms with Gasteiger partial charge in [-0.15, -0.1) is 0 Å². The molecular formula is C19H23N3O5. The van der Waals surface area contributed by atoms with E-state index in [1.807, 2.05) is 20.8 Å². The molecule has 0 saturated heterocycles. The van der Waals surface area contributed by atoms with Gasteiger partial charge >= 0.3 is 5.97 Å². The number of rotatable bonds is 8. The summed E-state index contributed by atoms with van der Waals surface area (Å²) >= 11 is 0. The average Bonchev–Trinajstić information content (AvgIpc) is 2.93. The van der Waals surface area contributed by atoms with Crippen molar-refractivity contribution in [3.8, 4) is 0 Å². The lowest BCUT2D eigenvalue weighted by molar-refractivity contribution is -0.137. The van der Waals surface area contributed by atoms with Gasteiger partial charge in [0.05, 0.1) is 12.1 Å². The average molecular weight is 373 g/mol. The molecule has 0 fully saturated rings. The number of carboxylic acid groups (broad SMARTS) is 1. The van der Waals surface area contributed by atoms with Gasteiger partial charge in [-0.3, -0.25) is 14.4 Å². The van der Waals surface area contributed by atoms with Gasteiger partial charge < -0.3 is 20.3 Å². The van der Waals surface area contributed by atoms with Crippen molar-refractivity contribution in [2.75, 3.05) is 11.9 Å². The van der Waals surface area contributed by atoms with E-state index in [2.05, 4.69) is 15.8 Å². The quantitative estimate of drug-likeness (QED) is 0.652. The summed E-state index contributed by atoms with van der Waals surface area (Å²) < 4.78 is 5.14. The summed E-state index contributed by atoms with van der Waals surface area (Å²) in [5.41, 5.74) is 3.09. The summed E-state index contributed by atoms with van der Waals surface area (Å²) in [7, 11) is 0. The highest BCUT2D eigenvalue weighted by Crippen LogP contribution is 2.26. The minimum Gasteiger partial charge on any atom is -0.480 e. The van der Waals surface area contributed by atoms with Crippen molar-refractivity contribution >= 4 is 23.5 Å². The first-order valence-corrected chi connectivity index (χ1v) is 8.56. The molecule has 0 bridgehead atoms. The molecule has 3 N–H and O–H groups in total. The first-order valence-electron chi connectivity index (χ1n) is 8.56. The molecule has 2 rings (SSSR count). The number of hydrogen-bond donors (Lipinski definition) is 3. The number of anilines is 1. The van der Waals surface area contributed by atoms with Crippen LogP contribution in [0.2, 0.25) is 0 Å². The molecule has 1 aromatic carbocycles. The van der Waals surface area contributed by atoms with Crippen LogP contribution < -0.4 is 10.6 Å². The molecule has 0 radical (unpaired) electrons. The summed E-state index contributed by atoms with van der Waals surface area (Å²) in [6, 6.07) is 6.85. The van der Waals surface area contributed by atoms with E-state index >= 15 is 0 Å². The Kier molecular flexibility index (Phi) is 6.70. The number of aliphatic carboxylic acids is 1. The molecule has 2 amide bonds. The molecule has 0 spiro atoms. The van der Waals surface area contributed by atoms with Crippen molar-refractivity contribution in [1.82, 2.24) is 10.5 Å². The molecule has 8 heteroatoms. The Labute approximate surface area is 156 Å². The molecule has 1 aromatic heterocycles. The van der Waals surface area contributed by atoms with E-state index in [9.17, 15) is 14.4 Å². The van der Waals surface area contributed by atoms with Crippen LogP contribution in [0, 0.1) is 13.8 Å². The number of carboxylic acids is 1. The van der Waals surface area contributed by atoms with E-state index in [-0.39, 0.29) is 24.2 Å². The Balaban J connectivity index is 1.87. The van der Waals surface area contributed by atoms with Gasteiger partial charge in [-0.1, -0.05) is 24.2 Å². The first kappa shape index (κ1) is 20.2. The Morgan fingerprint density at radius 3 is 2.37 bits per heavy atom. The smallest absolute Gasteiger partial charge is 0.322 e. The predicted molar refractivity (Wildman–Crippen MR) is 98.4 cm³/mol. The van der Waals surface area contributed by atoms with E-state index in [0.29, 0.717) is 12.1 Å². The molecule has 0 saturated carbocycles. The number of benzene rings is 1. The van der Waals surface area contributed by atoms with Crippen molar-refractivity contribution in [3.05, 3.63) is 46.8 Å². The fourth-order valence-electron chi connectivity index (χ4n) is 2.91. The number of carbonyl (C=O) groups is 3. The zero-order chi connectivity index (χ0) is 20.0. The maximum Gasteiger partial charge on any atom is 0.322 e. The monoisotopic (exact) mass is 373 g/mol. The van der Waals surface area contributed by atoms with Crippen LogP contribution >= 0.6 is 0 Å². The van der Waals surface area contributed by atoms with Gasteiger partial charge in [-0.25, -0.2) is 0 Å². The Hall–Kier alpha value is -3.16. The molecule has 0 aliphatic carbocycles. The van der Waals surface area contributed by atoms with E-state index in [1.54, 1.807) is 24.3 Å². The Morgan fingerprint density at radius 1 is 1.15 bits per heavy atom. The molecule has 1 unspecified atom stereocenters. The van der Waals surface area contributed by atoms with Crippen LogP contribution in [-0.2, 0) is 20.8 Å². The second-order valence-corrected chi connectivity index (χ2v) is 6.44. The number of hydrogen-bond acceptors (Lipinski definition) is 5. The third-order valence-electron chi connectivity index (χ3n) is 4.11. The molecule has 144 valence electrons. The third-order valence-corrected chi connectivity index (χ3v) is 4.11. The standard InChI is InChI=1S/C19H23N3O5/c1-11(19-12(2)22-27-13(19)3)8-17(24)21-15-6-4-14(5-7-15)9-16(23)20-10-18(25)26/h4-7,11H,8-10H2,1-3H3,(H,20,23)(H,21,24)(H,25,26). The SMILES string of the molecule is Cc1noc(C)c1C(C)CC(=O)Nc1ccc(CC(=O)NCC(=O)O)cc1. The highest BCUT2D eigenvalue weighted by atomic mass is 16.5. The molecule has 27 heavy (non-hydrogen) atoms. The lowest BCUT2D eigenvalue weighted by Gasteiger charge is -2.12. The fourth-order valence-corrected chi connectivity index (χ4v) is 2.91. The molecule has 1 heterocycles. The van der Waals surface area contributed by atoms with E-state index < -0.39 is 12.5 Å². The number of nitrogens with zero attached hydrogens (tertiary/aromatic N) is 1. The maximum absolute atomic E-state index is 12.3. The first-order chi connectivity index (χ1) is 12.8. The summed E-state index contributed by atoms with van der Waals surface area (Å²) in [5, 5.41) is 17.6. The normalized spacial score (nSPS) is 11.7. The summed E-state index contributed by atoms with van der Waals surface area (Å²) in [5.74, 6) is -0.893. The number of aryl methyl sites for hydroxylation is 2. The van der Waals surface area contributed by atoms with Gasteiger partial charge in [-0.05, 0) is 37.5 Å². The van der Waals surface area contributed by atoms with Gasteiger partial charge in [-0.2, -0.15) is 0 Å². The van der Waals surface area contributed by atoms with Crippen molar-refractivity contribution in [2.45, 2.75) is 39.5 Å². The topological polar surface area (TPSA) is 122 Å². The van der Waals surface area contributed by atoms with E-state index in [1.165, 1.54) is 0 Å². The minimum absolute atomic E-state index is 0.0199. The zero-order valence-corrected chi connectivity index (χ0v) is 15.5. The van der Waals surface area contributed by atoms with Gasteiger partial charge in [0.2, 0.25) is 11.8 Å². The van der Waals surface area contributed by atoms with Crippen LogP contribution in [0.4, 0.5) is 5.69 Å². The van der Waals surface area contributed by atoms with Crippen molar-refractivity contribution < 1.29 is 24.0 Å². The third kappa shape index (κ3) is 5.95. The lowest BCUT2D eigenvalue weighted by Crippen LogP contribution is -2.30. The molecular weight excluding hydrogens is 350 g/mol. The minimum atomic E-state index is -1.09.